The third-order valence-corrected chi connectivity index (χ3v) is 3.63. The molecule has 0 fully saturated rings. The number of hydrogen-bond acceptors (Lipinski definition) is 7. The summed E-state index contributed by atoms with van der Waals surface area (Å²) in [7, 11) is 0. The number of ether oxygens (including phenoxy) is 1. The Morgan fingerprint density at radius 1 is 1.14 bits per heavy atom. The molecule has 1 aromatic heterocycles. The van der Waals surface area contributed by atoms with E-state index in [4.69, 9.17) is 4.74 Å². The van der Waals surface area contributed by atoms with Crippen LogP contribution < -0.4 is 15.4 Å². The van der Waals surface area contributed by atoms with E-state index in [9.17, 15) is 0 Å². The van der Waals surface area contributed by atoms with Crippen LogP contribution in [0.4, 0.5) is 11.9 Å². The molecule has 2 N–H and O–H groups in total. The van der Waals surface area contributed by atoms with Crippen LogP contribution in [0.15, 0.2) is 0 Å². The molecule has 0 aliphatic heterocycles. The monoisotopic (exact) mass is 313 g/mol. The maximum absolute atomic E-state index is 5.40. The zero-order valence-corrected chi connectivity index (χ0v) is 14.3. The molecule has 0 aliphatic carbocycles. The molecule has 1 unspecified atom stereocenters. The zero-order valence-electron chi connectivity index (χ0n) is 13.5. The number of thioether (sulfide) groups is 1. The van der Waals surface area contributed by atoms with Gasteiger partial charge in [0, 0.05) is 12.6 Å². The van der Waals surface area contributed by atoms with Crippen molar-refractivity contribution in [3.8, 4) is 6.01 Å². The fourth-order valence-electron chi connectivity index (χ4n) is 1.63. The normalized spacial score (nSPS) is 12.0. The summed E-state index contributed by atoms with van der Waals surface area (Å²) in [4.78, 5) is 12.9. The molecule has 0 spiro atoms. The number of anilines is 2. The number of aromatic nitrogens is 3. The molecule has 0 bridgehead atoms. The predicted octanol–water partition coefficient (Wildman–Crippen LogP) is 3.04. The van der Waals surface area contributed by atoms with Crippen LogP contribution >= 0.6 is 11.8 Å². The lowest BCUT2D eigenvalue weighted by Crippen LogP contribution is -2.19. The number of nitrogens with zero attached hydrogens (tertiary/aromatic N) is 3. The Kier molecular flexibility index (Phi) is 8.89. The minimum atomic E-state index is 0.319. The molecule has 0 radical (unpaired) electrons. The standard InChI is InChI=1S/C14H27N5OS/c1-5-9-15-12-17-13(19-14(18-12)20-6-2)16-11(4)8-10-21-7-3/h11H,5-10H2,1-4H3,(H2,15,16,17,18,19). The Balaban J connectivity index is 2.67. The molecule has 1 heterocycles. The predicted molar refractivity (Wildman–Crippen MR) is 90.5 cm³/mol. The molecule has 120 valence electrons. The van der Waals surface area contributed by atoms with E-state index in [1.807, 2.05) is 18.7 Å². The first kappa shape index (κ1) is 17.8. The van der Waals surface area contributed by atoms with Gasteiger partial charge in [0.25, 0.3) is 0 Å². The van der Waals surface area contributed by atoms with Gasteiger partial charge in [-0.2, -0.15) is 26.7 Å². The number of nitrogens with one attached hydrogen (secondary N) is 2. The highest BCUT2D eigenvalue weighted by Gasteiger charge is 2.09. The van der Waals surface area contributed by atoms with Gasteiger partial charge in [-0.1, -0.05) is 13.8 Å². The fourth-order valence-corrected chi connectivity index (χ4v) is 2.44. The van der Waals surface area contributed by atoms with Crippen LogP contribution in [0.25, 0.3) is 0 Å². The average Bonchev–Trinajstić information content (AvgIpc) is 2.45. The first-order chi connectivity index (χ1) is 10.2. The van der Waals surface area contributed by atoms with Gasteiger partial charge in [-0.15, -0.1) is 0 Å². The van der Waals surface area contributed by atoms with Gasteiger partial charge in [0.1, 0.15) is 0 Å². The molecule has 0 aliphatic rings. The number of hydrogen-bond donors (Lipinski definition) is 2. The third kappa shape index (κ3) is 7.36. The van der Waals surface area contributed by atoms with Crippen molar-refractivity contribution in [1.82, 2.24) is 15.0 Å². The first-order valence-corrected chi connectivity index (χ1v) is 8.82. The Morgan fingerprint density at radius 2 is 1.90 bits per heavy atom. The SMILES string of the molecule is CCCNc1nc(NC(C)CCSCC)nc(OCC)n1. The summed E-state index contributed by atoms with van der Waals surface area (Å²) in [6.45, 7) is 9.70. The molecule has 1 rings (SSSR count). The first-order valence-electron chi connectivity index (χ1n) is 7.66. The Hall–Kier alpha value is -1.24. The van der Waals surface area contributed by atoms with Crippen LogP contribution in [0, 0.1) is 0 Å². The zero-order chi connectivity index (χ0) is 15.5. The van der Waals surface area contributed by atoms with E-state index < -0.39 is 0 Å². The topological polar surface area (TPSA) is 72.0 Å². The summed E-state index contributed by atoms with van der Waals surface area (Å²) in [6.07, 6.45) is 2.09. The average molecular weight is 313 g/mol. The van der Waals surface area contributed by atoms with E-state index in [1.54, 1.807) is 0 Å². The second kappa shape index (κ2) is 10.5. The van der Waals surface area contributed by atoms with Crippen molar-refractivity contribution in [2.24, 2.45) is 0 Å². The van der Waals surface area contributed by atoms with Crippen LogP contribution in [0.3, 0.4) is 0 Å². The summed E-state index contributed by atoms with van der Waals surface area (Å²) >= 11 is 1.94. The van der Waals surface area contributed by atoms with Gasteiger partial charge in [0.2, 0.25) is 11.9 Å². The summed E-state index contributed by atoms with van der Waals surface area (Å²) in [6, 6.07) is 0.684. The highest BCUT2D eigenvalue weighted by molar-refractivity contribution is 7.99. The molecule has 0 amide bonds. The summed E-state index contributed by atoms with van der Waals surface area (Å²) in [5.74, 6) is 3.42. The second-order valence-corrected chi connectivity index (χ2v) is 6.05. The molecule has 0 saturated carbocycles. The van der Waals surface area contributed by atoms with Gasteiger partial charge in [0.05, 0.1) is 6.61 Å². The van der Waals surface area contributed by atoms with Crippen LogP contribution in [0.2, 0.25) is 0 Å². The van der Waals surface area contributed by atoms with Gasteiger partial charge in [-0.3, -0.25) is 0 Å². The molecule has 7 heteroatoms. The van der Waals surface area contributed by atoms with E-state index in [0.717, 1.165) is 30.9 Å². The Labute approximate surface area is 131 Å². The third-order valence-electron chi connectivity index (χ3n) is 2.70. The van der Waals surface area contributed by atoms with Gasteiger partial charge >= 0.3 is 6.01 Å². The lowest BCUT2D eigenvalue weighted by Gasteiger charge is -2.14. The van der Waals surface area contributed by atoms with Gasteiger partial charge in [-0.25, -0.2) is 0 Å². The summed E-state index contributed by atoms with van der Waals surface area (Å²) < 4.78 is 5.40. The molecule has 6 nitrogen and oxygen atoms in total. The molecular formula is C14H27N5OS. The minimum Gasteiger partial charge on any atom is -0.464 e. The minimum absolute atomic E-state index is 0.319. The van der Waals surface area contributed by atoms with E-state index in [-0.39, 0.29) is 0 Å². The number of rotatable bonds is 11. The lowest BCUT2D eigenvalue weighted by atomic mass is 10.3. The molecule has 0 aromatic carbocycles. The van der Waals surface area contributed by atoms with E-state index >= 15 is 0 Å². The van der Waals surface area contributed by atoms with Crippen LogP contribution in [-0.4, -0.2) is 45.7 Å². The van der Waals surface area contributed by atoms with Crippen molar-refractivity contribution in [2.45, 2.75) is 46.6 Å². The van der Waals surface area contributed by atoms with E-state index in [2.05, 4.69) is 46.4 Å². The smallest absolute Gasteiger partial charge is 0.323 e. The molecule has 21 heavy (non-hydrogen) atoms. The lowest BCUT2D eigenvalue weighted by molar-refractivity contribution is 0.312. The largest absolute Gasteiger partial charge is 0.464 e. The van der Waals surface area contributed by atoms with Crippen LogP contribution in [0.5, 0.6) is 6.01 Å². The quantitative estimate of drug-likeness (QED) is 0.608. The summed E-state index contributed by atoms with van der Waals surface area (Å²) in [5, 5.41) is 6.49. The Morgan fingerprint density at radius 3 is 2.57 bits per heavy atom. The van der Waals surface area contributed by atoms with Crippen LogP contribution in [-0.2, 0) is 0 Å². The van der Waals surface area contributed by atoms with E-state index in [0.29, 0.717) is 30.6 Å². The van der Waals surface area contributed by atoms with Gasteiger partial charge < -0.3 is 15.4 Å². The van der Waals surface area contributed by atoms with E-state index in [1.165, 1.54) is 0 Å². The van der Waals surface area contributed by atoms with Crippen molar-refractivity contribution < 1.29 is 4.74 Å². The van der Waals surface area contributed by atoms with Crippen molar-refractivity contribution in [2.75, 3.05) is 35.3 Å². The van der Waals surface area contributed by atoms with Crippen molar-refractivity contribution in [3.05, 3.63) is 0 Å². The summed E-state index contributed by atoms with van der Waals surface area (Å²) in [5.41, 5.74) is 0. The molecular weight excluding hydrogens is 286 g/mol. The van der Waals surface area contributed by atoms with Crippen molar-refractivity contribution in [3.63, 3.8) is 0 Å². The Bertz CT molecular complexity index is 405. The van der Waals surface area contributed by atoms with Crippen molar-refractivity contribution in [1.29, 1.82) is 0 Å². The second-order valence-electron chi connectivity index (χ2n) is 4.66. The maximum atomic E-state index is 5.40. The molecule has 0 saturated heterocycles. The van der Waals surface area contributed by atoms with Crippen molar-refractivity contribution >= 4 is 23.7 Å². The highest BCUT2D eigenvalue weighted by atomic mass is 32.2. The van der Waals surface area contributed by atoms with Gasteiger partial charge in [-0.05, 0) is 38.2 Å². The molecule has 1 aromatic rings. The highest BCUT2D eigenvalue weighted by Crippen LogP contribution is 2.13. The fraction of sp³-hybridized carbons (Fsp3) is 0.786. The van der Waals surface area contributed by atoms with Crippen LogP contribution in [0.1, 0.15) is 40.5 Å². The van der Waals surface area contributed by atoms with Gasteiger partial charge in [0.15, 0.2) is 0 Å². The molecule has 1 atom stereocenters. The maximum Gasteiger partial charge on any atom is 0.323 e.